The molecule has 20 heteroatoms. The topological polar surface area (TPSA) is 177 Å². The summed E-state index contributed by atoms with van der Waals surface area (Å²) in [6.45, 7) is 13.3. The van der Waals surface area contributed by atoms with Gasteiger partial charge in [-0.25, -0.2) is 14.3 Å². The van der Waals surface area contributed by atoms with E-state index in [9.17, 15) is 4.57 Å². The number of hydrogen-bond donors (Lipinski definition) is 4. The normalized spacial score (nSPS) is 22.6. The molecule has 2 saturated heterocycles. The number of ether oxygens (including phenoxy) is 4. The molecular weight excluding hydrogens is 747 g/mol. The summed E-state index contributed by atoms with van der Waals surface area (Å²) in [5.74, 6) is 2.30. The van der Waals surface area contributed by atoms with Crippen LogP contribution in [0.5, 0.6) is 0 Å². The van der Waals surface area contributed by atoms with Crippen molar-refractivity contribution in [1.29, 1.82) is 0 Å². The Labute approximate surface area is 346 Å². The van der Waals surface area contributed by atoms with Crippen LogP contribution in [0.4, 0.5) is 5.95 Å². The lowest BCUT2D eigenvalue weighted by Crippen LogP contribution is -2.49. The summed E-state index contributed by atoms with van der Waals surface area (Å²) in [6.07, 6.45) is 5.44. The Hall–Kier alpha value is -1.31. The van der Waals surface area contributed by atoms with Gasteiger partial charge in [-0.3, -0.25) is 9.46 Å². The van der Waals surface area contributed by atoms with Crippen LogP contribution in [-0.2, 0) is 40.9 Å². The van der Waals surface area contributed by atoms with Crippen molar-refractivity contribution in [3.8, 4) is 0 Å². The first-order chi connectivity index (χ1) is 27.4. The van der Waals surface area contributed by atoms with Crippen molar-refractivity contribution in [1.82, 2.24) is 44.7 Å². The molecule has 0 saturated carbocycles. The van der Waals surface area contributed by atoms with E-state index in [2.05, 4.69) is 32.7 Å². The number of hydrogen-bond acceptors (Lipinski definition) is 15. The number of anilines is 1. The second-order valence-electron chi connectivity index (χ2n) is 15.6. The molecule has 0 amide bonds. The molecule has 4 radical (unpaired) electrons. The van der Waals surface area contributed by atoms with Crippen LogP contribution in [0, 0.1) is 5.92 Å². The molecule has 2 fully saturated rings. The minimum atomic E-state index is -3.41. The molecule has 1 aromatic rings. The molecule has 17 nitrogen and oxygen atoms in total. The highest BCUT2D eigenvalue weighted by molar-refractivity contribution is 7.53. The van der Waals surface area contributed by atoms with Crippen LogP contribution in [0.2, 0.25) is 0 Å². The van der Waals surface area contributed by atoms with Gasteiger partial charge in [0.15, 0.2) is 0 Å². The molecule has 3 rings (SSSR count). The van der Waals surface area contributed by atoms with E-state index in [1.165, 1.54) is 0 Å². The monoisotopic (exact) mass is 822 g/mol. The lowest BCUT2D eigenvalue weighted by molar-refractivity contribution is -0.0655. The van der Waals surface area contributed by atoms with Gasteiger partial charge < -0.3 is 50.1 Å². The first-order valence-electron chi connectivity index (χ1n) is 21.0. The first kappa shape index (κ1) is 50.0. The number of aryl methyl sites for hydroxylation is 1. The smallest absolute Gasteiger partial charge is 0.345 e. The van der Waals surface area contributed by atoms with Gasteiger partial charge in [-0.2, -0.15) is 9.97 Å². The van der Waals surface area contributed by atoms with Crippen LogP contribution >= 0.6 is 7.67 Å². The zero-order chi connectivity index (χ0) is 41.5. The van der Waals surface area contributed by atoms with Crippen molar-refractivity contribution in [2.45, 2.75) is 76.1 Å². The minimum Gasteiger partial charge on any atom is -0.382 e. The fraction of sp³-hybridized carbons (Fsp3) is 0.919. The lowest BCUT2D eigenvalue weighted by Gasteiger charge is -2.43. The molecule has 0 bridgehead atoms. The summed E-state index contributed by atoms with van der Waals surface area (Å²) in [5, 5.41) is 10.2. The number of nitrogens with two attached hydrogens (primary N) is 1. The van der Waals surface area contributed by atoms with Gasteiger partial charge in [0.1, 0.15) is 27.3 Å². The maximum absolute atomic E-state index is 14.3. The maximum atomic E-state index is 14.3. The summed E-state index contributed by atoms with van der Waals surface area (Å²) in [4.78, 5) is 18.9. The molecule has 5 N–H and O–H groups in total. The van der Waals surface area contributed by atoms with Crippen LogP contribution < -0.4 is 21.7 Å². The van der Waals surface area contributed by atoms with Crippen molar-refractivity contribution >= 4 is 29.3 Å². The van der Waals surface area contributed by atoms with Gasteiger partial charge in [0.25, 0.3) is 0 Å². The van der Waals surface area contributed by atoms with Gasteiger partial charge >= 0.3 is 7.67 Å². The maximum Gasteiger partial charge on any atom is 0.345 e. The third kappa shape index (κ3) is 19.7. The molecule has 0 aliphatic carbocycles. The fourth-order valence-electron chi connectivity index (χ4n) is 6.94. The third-order valence-corrected chi connectivity index (χ3v) is 12.4. The zero-order valence-corrected chi connectivity index (χ0v) is 36.8. The molecule has 0 spiro atoms. The van der Waals surface area contributed by atoms with Crippen LogP contribution in [0.25, 0.3) is 0 Å². The number of rotatable bonds is 31. The zero-order valence-electron chi connectivity index (χ0n) is 35.9. The van der Waals surface area contributed by atoms with E-state index in [1.807, 2.05) is 18.8 Å². The van der Waals surface area contributed by atoms with Crippen molar-refractivity contribution in [2.75, 3.05) is 146 Å². The number of likely N-dealkylation sites (N-methyl/N-ethyl adjacent to an activating group) is 2. The van der Waals surface area contributed by atoms with Gasteiger partial charge in [-0.05, 0) is 66.3 Å². The van der Waals surface area contributed by atoms with Gasteiger partial charge in [-0.15, -0.1) is 0 Å². The van der Waals surface area contributed by atoms with Crippen LogP contribution in [0.15, 0.2) is 0 Å². The molecule has 5 unspecified atom stereocenters. The summed E-state index contributed by atoms with van der Waals surface area (Å²) < 4.78 is 46.8. The molecule has 2 aliphatic rings. The number of unbranched alkanes of at least 4 members (excludes halogenated alkanes) is 2. The predicted molar refractivity (Wildman–Crippen MR) is 228 cm³/mol. The molecule has 1 aromatic heterocycles. The summed E-state index contributed by atoms with van der Waals surface area (Å²) in [6, 6.07) is -1.01. The Morgan fingerprint density at radius 1 is 0.930 bits per heavy atom. The van der Waals surface area contributed by atoms with E-state index >= 15 is 0 Å². The Kier molecular flexibility index (Phi) is 24.8. The molecule has 3 heterocycles. The Bertz CT molecular complexity index is 1260. The third-order valence-electron chi connectivity index (χ3n) is 9.90. The summed E-state index contributed by atoms with van der Waals surface area (Å²) >= 11 is 0. The number of aromatic nitrogens is 3. The second kappa shape index (κ2) is 28.3. The van der Waals surface area contributed by atoms with Crippen molar-refractivity contribution in [3.05, 3.63) is 11.6 Å². The fourth-order valence-corrected chi connectivity index (χ4v) is 8.96. The summed E-state index contributed by atoms with van der Waals surface area (Å²) in [7, 11) is 18.2. The average molecular weight is 822 g/mol. The predicted octanol–water partition coefficient (Wildman–Crippen LogP) is 0.395. The van der Waals surface area contributed by atoms with E-state index in [4.69, 9.17) is 59.8 Å². The number of nitrogens with zero attached hydrogens (tertiary/aromatic N) is 7. The van der Waals surface area contributed by atoms with Gasteiger partial charge in [-0.1, -0.05) is 13.3 Å². The number of methoxy groups -OCH3 is 1. The highest BCUT2D eigenvalue weighted by atomic mass is 31.2. The minimum absolute atomic E-state index is 0.157. The van der Waals surface area contributed by atoms with Gasteiger partial charge in [0.2, 0.25) is 5.95 Å². The van der Waals surface area contributed by atoms with E-state index in [0.29, 0.717) is 71.2 Å². The van der Waals surface area contributed by atoms with Crippen LogP contribution in [-0.4, -0.2) is 214 Å². The molecule has 6 atom stereocenters. The van der Waals surface area contributed by atoms with Crippen molar-refractivity contribution < 1.29 is 28.0 Å². The molecule has 57 heavy (non-hydrogen) atoms. The van der Waals surface area contributed by atoms with Crippen molar-refractivity contribution in [3.63, 3.8) is 0 Å². The first-order valence-corrected chi connectivity index (χ1v) is 22.5. The Balaban J connectivity index is 1.52. The molecule has 0 aromatic carbocycles. The quantitative estimate of drug-likeness (QED) is 0.0460. The van der Waals surface area contributed by atoms with E-state index in [1.54, 1.807) is 25.9 Å². The highest BCUT2D eigenvalue weighted by Gasteiger charge is 2.41. The Morgan fingerprint density at radius 3 is 2.40 bits per heavy atom. The van der Waals surface area contributed by atoms with Crippen LogP contribution in [0.1, 0.15) is 50.7 Å². The standard InChI is InChI=1S/C37H74B2N11O6P/c1-30(28-53-22-21-52-6)23-36-44-35(45-37(46-36)43-15-9-7-8-14-42-17-20-49(18-13-40)19-16-41-2)12-10-11-31-25-50(27-34(39)55-31)57(51,47(3)4)54-29-32-24-48(5)26-33(38)56-32/h30-34,41-42H,7-29,40H2,1-6H3,(H,43,44,45,46)/t30?,31?,32?,33-,34?,57?/m1/s1. The molecular formula is C37H74B2N11O6P. The summed E-state index contributed by atoms with van der Waals surface area (Å²) in [5.41, 5.74) is 5.78. The lowest BCUT2D eigenvalue weighted by atomic mass is 9.97. The number of morpholine rings is 2. The second-order valence-corrected chi connectivity index (χ2v) is 18.2. The SMILES string of the molecule is [B]C1CN(P(=O)(OCC2CN(C)C[C@H]([B])O2)N(C)C)CC(CCCc2nc(CC(C)COCCOC)nc(NCCCCCNCCN(CCN)CCNC)n2)O1. The van der Waals surface area contributed by atoms with E-state index in [0.717, 1.165) is 83.1 Å². The highest BCUT2D eigenvalue weighted by Crippen LogP contribution is 2.53. The molecule has 324 valence electrons. The van der Waals surface area contributed by atoms with Crippen LogP contribution in [0.3, 0.4) is 0 Å². The van der Waals surface area contributed by atoms with Gasteiger partial charge in [0, 0.05) is 111 Å². The Morgan fingerprint density at radius 2 is 1.67 bits per heavy atom. The number of nitrogens with one attached hydrogen (secondary N) is 3. The van der Waals surface area contributed by atoms with Gasteiger partial charge in [0.05, 0.1) is 32.0 Å². The average Bonchev–Trinajstić information content (AvgIpc) is 3.16. The van der Waals surface area contributed by atoms with E-state index in [-0.39, 0.29) is 31.3 Å². The van der Waals surface area contributed by atoms with E-state index < -0.39 is 19.7 Å². The largest absolute Gasteiger partial charge is 0.382 e. The molecule has 2 aliphatic heterocycles. The van der Waals surface area contributed by atoms with Crippen molar-refractivity contribution in [2.24, 2.45) is 11.7 Å².